The molecule has 0 atom stereocenters. The van der Waals surface area contributed by atoms with Gasteiger partial charge in [-0.05, 0) is 32.3 Å². The van der Waals surface area contributed by atoms with E-state index < -0.39 is 11.9 Å². The third-order valence-corrected chi connectivity index (χ3v) is 5.24. The average Bonchev–Trinajstić information content (AvgIpc) is 2.72. The molecule has 5 heteroatoms. The molecule has 0 saturated carbocycles. The molecule has 3 aromatic carbocycles. The summed E-state index contributed by atoms with van der Waals surface area (Å²) in [6, 6.07) is 17.0. The lowest BCUT2D eigenvalue weighted by atomic mass is 9.88. The summed E-state index contributed by atoms with van der Waals surface area (Å²) in [5, 5.41) is 1.46. The molecule has 0 amide bonds. The maximum Gasteiger partial charge on any atom is 0.342 e. The lowest BCUT2D eigenvalue weighted by molar-refractivity contribution is -0.131. The topological polar surface area (TPSA) is 61.8 Å². The van der Waals surface area contributed by atoms with E-state index in [0.29, 0.717) is 17.6 Å². The van der Waals surface area contributed by atoms with Gasteiger partial charge in [-0.15, -0.1) is 0 Å². The normalized spacial score (nSPS) is 14.5. The van der Waals surface area contributed by atoms with Crippen molar-refractivity contribution in [2.45, 2.75) is 45.8 Å². The Morgan fingerprint density at radius 1 is 1.00 bits per heavy atom. The van der Waals surface area contributed by atoms with Crippen molar-refractivity contribution in [1.29, 1.82) is 0 Å². The van der Waals surface area contributed by atoms with E-state index in [1.54, 1.807) is 0 Å². The van der Waals surface area contributed by atoms with Crippen LogP contribution >= 0.6 is 0 Å². The summed E-state index contributed by atoms with van der Waals surface area (Å²) in [7, 11) is 0. The summed E-state index contributed by atoms with van der Waals surface area (Å²) < 4.78 is 17.5. The fourth-order valence-corrected chi connectivity index (χ4v) is 3.80. The highest BCUT2D eigenvalue weighted by atomic mass is 16.5. The molecule has 0 aromatic heterocycles. The Bertz CT molecular complexity index is 1120. The highest BCUT2D eigenvalue weighted by Gasteiger charge is 2.35. The van der Waals surface area contributed by atoms with Crippen molar-refractivity contribution in [2.24, 2.45) is 0 Å². The number of hydrogen-bond acceptors (Lipinski definition) is 5. The molecule has 0 spiro atoms. The van der Waals surface area contributed by atoms with Crippen LogP contribution in [-0.2, 0) is 22.6 Å². The van der Waals surface area contributed by atoms with Crippen LogP contribution in [0.2, 0.25) is 0 Å². The number of benzene rings is 3. The largest absolute Gasteiger partial charge is 0.487 e. The van der Waals surface area contributed by atoms with Crippen LogP contribution < -0.4 is 9.47 Å². The van der Waals surface area contributed by atoms with Gasteiger partial charge < -0.3 is 14.2 Å². The first-order chi connectivity index (χ1) is 14.4. The Labute approximate surface area is 175 Å². The summed E-state index contributed by atoms with van der Waals surface area (Å²) in [5.41, 5.74) is 1.52. The summed E-state index contributed by atoms with van der Waals surface area (Å²) in [5.74, 6) is -0.127. The van der Waals surface area contributed by atoms with Crippen molar-refractivity contribution in [3.63, 3.8) is 0 Å². The minimum absolute atomic E-state index is 0.132. The Morgan fingerprint density at radius 3 is 2.37 bits per heavy atom. The standard InChI is InChI=1S/C25H24O5/c1-16(26)29-23-19-12-8-7-11-18(19)22-20(13-14-25(2,3)30-22)21(23)24(27)28-15-17-9-5-4-6-10-17/h4-12H,13-15H2,1-3H3. The second-order valence-electron chi connectivity index (χ2n) is 8.07. The van der Waals surface area contributed by atoms with Gasteiger partial charge in [0.05, 0.1) is 0 Å². The molecule has 1 aliphatic rings. The molecule has 0 bridgehead atoms. The smallest absolute Gasteiger partial charge is 0.342 e. The molecule has 4 rings (SSSR count). The Balaban J connectivity index is 1.86. The molecule has 0 saturated heterocycles. The van der Waals surface area contributed by atoms with Crippen LogP contribution in [0.4, 0.5) is 0 Å². The number of ether oxygens (including phenoxy) is 3. The van der Waals surface area contributed by atoms with Gasteiger partial charge in [0, 0.05) is 23.3 Å². The maximum atomic E-state index is 13.2. The van der Waals surface area contributed by atoms with Gasteiger partial charge in [0.25, 0.3) is 0 Å². The van der Waals surface area contributed by atoms with E-state index in [1.807, 2.05) is 68.4 Å². The van der Waals surface area contributed by atoms with Gasteiger partial charge in [-0.1, -0.05) is 54.6 Å². The molecule has 0 radical (unpaired) electrons. The summed E-state index contributed by atoms with van der Waals surface area (Å²) in [4.78, 5) is 25.1. The first-order valence-electron chi connectivity index (χ1n) is 10.0. The Hall–Kier alpha value is -3.34. The molecular formula is C25H24O5. The number of carbonyl (C=O) groups excluding carboxylic acids is 2. The van der Waals surface area contributed by atoms with Crippen molar-refractivity contribution < 1.29 is 23.8 Å². The van der Waals surface area contributed by atoms with E-state index in [0.717, 1.165) is 22.9 Å². The Kier molecular flexibility index (Phi) is 5.20. The van der Waals surface area contributed by atoms with Crippen LogP contribution in [0.3, 0.4) is 0 Å². The summed E-state index contributed by atoms with van der Waals surface area (Å²) in [6.45, 7) is 5.51. The predicted octanol–water partition coefficient (Wildman–Crippen LogP) is 5.23. The molecule has 0 unspecified atom stereocenters. The van der Waals surface area contributed by atoms with E-state index in [-0.39, 0.29) is 23.5 Å². The van der Waals surface area contributed by atoms with Crippen LogP contribution in [0.15, 0.2) is 54.6 Å². The molecular weight excluding hydrogens is 380 g/mol. The first kappa shape index (κ1) is 20.0. The second kappa shape index (κ2) is 7.82. The number of carbonyl (C=O) groups is 2. The maximum absolute atomic E-state index is 13.2. The number of hydrogen-bond donors (Lipinski definition) is 0. The van der Waals surface area contributed by atoms with Gasteiger partial charge in [0.2, 0.25) is 0 Å². The quantitative estimate of drug-likeness (QED) is 0.440. The highest BCUT2D eigenvalue weighted by Crippen LogP contribution is 2.46. The van der Waals surface area contributed by atoms with Crippen molar-refractivity contribution in [2.75, 3.05) is 0 Å². The van der Waals surface area contributed by atoms with Crippen LogP contribution in [0.1, 0.15) is 48.7 Å². The summed E-state index contributed by atoms with van der Waals surface area (Å²) in [6.07, 6.45) is 1.36. The Morgan fingerprint density at radius 2 is 1.67 bits per heavy atom. The molecule has 1 aliphatic heterocycles. The SMILES string of the molecule is CC(=O)Oc1c(C(=O)OCc2ccccc2)c2c(c3ccccc13)OC(C)(C)CC2. The van der Waals surface area contributed by atoms with Gasteiger partial charge in [0.15, 0.2) is 5.75 Å². The fraction of sp³-hybridized carbons (Fsp3) is 0.280. The van der Waals surface area contributed by atoms with Crippen LogP contribution in [0.25, 0.3) is 10.8 Å². The molecule has 154 valence electrons. The third kappa shape index (κ3) is 3.88. The van der Waals surface area contributed by atoms with E-state index in [2.05, 4.69) is 0 Å². The molecule has 0 fully saturated rings. The van der Waals surface area contributed by atoms with E-state index >= 15 is 0 Å². The van der Waals surface area contributed by atoms with Gasteiger partial charge in [-0.2, -0.15) is 0 Å². The van der Waals surface area contributed by atoms with Gasteiger partial charge in [-0.3, -0.25) is 4.79 Å². The van der Waals surface area contributed by atoms with Crippen LogP contribution in [-0.4, -0.2) is 17.5 Å². The van der Waals surface area contributed by atoms with Crippen LogP contribution in [0, 0.1) is 0 Å². The number of esters is 2. The minimum atomic E-state index is -0.527. The zero-order valence-corrected chi connectivity index (χ0v) is 17.4. The average molecular weight is 404 g/mol. The number of rotatable bonds is 4. The van der Waals surface area contributed by atoms with E-state index in [4.69, 9.17) is 14.2 Å². The molecule has 3 aromatic rings. The highest BCUT2D eigenvalue weighted by molar-refractivity contribution is 6.07. The monoisotopic (exact) mass is 404 g/mol. The second-order valence-corrected chi connectivity index (χ2v) is 8.07. The zero-order valence-electron chi connectivity index (χ0n) is 17.4. The molecule has 1 heterocycles. The lowest BCUT2D eigenvalue weighted by Crippen LogP contribution is -2.33. The number of fused-ring (bicyclic) bond motifs is 3. The van der Waals surface area contributed by atoms with Gasteiger partial charge in [-0.25, -0.2) is 4.79 Å². The molecule has 0 N–H and O–H groups in total. The summed E-state index contributed by atoms with van der Waals surface area (Å²) >= 11 is 0. The minimum Gasteiger partial charge on any atom is -0.487 e. The zero-order chi connectivity index (χ0) is 21.3. The lowest BCUT2D eigenvalue weighted by Gasteiger charge is -2.34. The van der Waals surface area contributed by atoms with Crippen LogP contribution in [0.5, 0.6) is 11.5 Å². The van der Waals surface area contributed by atoms with Crippen molar-refractivity contribution in [3.05, 3.63) is 71.3 Å². The predicted molar refractivity (Wildman–Crippen MR) is 114 cm³/mol. The van der Waals surface area contributed by atoms with Crippen molar-refractivity contribution >= 4 is 22.7 Å². The van der Waals surface area contributed by atoms with Gasteiger partial charge in [0.1, 0.15) is 23.5 Å². The van der Waals surface area contributed by atoms with Gasteiger partial charge >= 0.3 is 11.9 Å². The fourth-order valence-electron chi connectivity index (χ4n) is 3.80. The van der Waals surface area contributed by atoms with Crippen molar-refractivity contribution in [3.8, 4) is 11.5 Å². The first-order valence-corrected chi connectivity index (χ1v) is 10.0. The van der Waals surface area contributed by atoms with Crippen molar-refractivity contribution in [1.82, 2.24) is 0 Å². The third-order valence-electron chi connectivity index (χ3n) is 5.24. The van der Waals surface area contributed by atoms with E-state index in [9.17, 15) is 9.59 Å². The molecule has 0 aliphatic carbocycles. The molecule has 30 heavy (non-hydrogen) atoms. The van der Waals surface area contributed by atoms with E-state index in [1.165, 1.54) is 6.92 Å². The molecule has 5 nitrogen and oxygen atoms in total.